The van der Waals surface area contributed by atoms with Gasteiger partial charge in [-0.3, -0.25) is 4.79 Å². The summed E-state index contributed by atoms with van der Waals surface area (Å²) < 4.78 is 0. The number of hydrogen-bond donors (Lipinski definition) is 1. The fourth-order valence-corrected chi connectivity index (χ4v) is 1.92. The fraction of sp³-hybridized carbons (Fsp3) is 0.500. The van der Waals surface area contributed by atoms with Crippen LogP contribution < -0.4 is 0 Å². The maximum Gasteiger partial charge on any atom is 0.306 e. The smallest absolute Gasteiger partial charge is 0.306 e. The Hall–Kier alpha value is -0.830. The molecule has 0 fully saturated rings. The number of rotatable bonds is 4. The first kappa shape index (κ1) is 10.3. The molecule has 0 aromatic carbocycles. The minimum atomic E-state index is -0.701. The first-order valence-electron chi connectivity index (χ1n) is 4.37. The highest BCUT2D eigenvalue weighted by Gasteiger charge is 2.11. The molecule has 0 radical (unpaired) electrons. The van der Waals surface area contributed by atoms with E-state index in [1.165, 1.54) is 10.4 Å². The highest BCUT2D eigenvalue weighted by atomic mass is 32.1. The van der Waals surface area contributed by atoms with Crippen molar-refractivity contribution in [2.45, 2.75) is 26.7 Å². The summed E-state index contributed by atoms with van der Waals surface area (Å²) >= 11 is 1.72. The Bertz CT molecular complexity index is 291. The average Bonchev–Trinajstić information content (AvgIpc) is 2.47. The number of carboxylic acid groups (broad SMARTS) is 1. The highest BCUT2D eigenvalue weighted by Crippen LogP contribution is 2.18. The molecule has 1 rings (SSSR count). The van der Waals surface area contributed by atoms with Crippen LogP contribution in [0.25, 0.3) is 0 Å². The van der Waals surface area contributed by atoms with Gasteiger partial charge in [-0.25, -0.2) is 0 Å². The Morgan fingerprint density at radius 3 is 2.85 bits per heavy atom. The highest BCUT2D eigenvalue weighted by molar-refractivity contribution is 7.10. The average molecular weight is 198 g/mol. The number of carboxylic acids is 1. The molecule has 0 aliphatic carbocycles. The zero-order valence-electron chi connectivity index (χ0n) is 7.91. The van der Waals surface area contributed by atoms with Crippen LogP contribution in [0.15, 0.2) is 11.4 Å². The third kappa shape index (κ3) is 2.84. The van der Waals surface area contributed by atoms with Gasteiger partial charge in [0.25, 0.3) is 0 Å². The molecule has 3 heteroatoms. The molecule has 1 aromatic rings. The Morgan fingerprint density at radius 1 is 1.69 bits per heavy atom. The molecule has 1 heterocycles. The molecule has 0 saturated heterocycles. The van der Waals surface area contributed by atoms with E-state index in [1.807, 2.05) is 0 Å². The third-order valence-corrected chi connectivity index (χ3v) is 3.12. The van der Waals surface area contributed by atoms with Gasteiger partial charge in [0.15, 0.2) is 0 Å². The van der Waals surface area contributed by atoms with Gasteiger partial charge >= 0.3 is 5.97 Å². The standard InChI is InChI=1S/C10H14O2S/c1-7(10(11)12)3-4-9-5-6-13-8(9)2/h5-7H,3-4H2,1-2H3,(H,11,12). The lowest BCUT2D eigenvalue weighted by atomic mass is 10.0. The number of aryl methyl sites for hydroxylation is 2. The van der Waals surface area contributed by atoms with Crippen LogP contribution in [0.5, 0.6) is 0 Å². The monoisotopic (exact) mass is 198 g/mol. The largest absolute Gasteiger partial charge is 0.481 e. The Labute approximate surface area is 82.2 Å². The predicted molar refractivity (Wildman–Crippen MR) is 54.2 cm³/mol. The van der Waals surface area contributed by atoms with E-state index in [1.54, 1.807) is 18.3 Å². The van der Waals surface area contributed by atoms with E-state index in [2.05, 4.69) is 18.4 Å². The Morgan fingerprint density at radius 2 is 2.38 bits per heavy atom. The molecule has 0 aliphatic rings. The van der Waals surface area contributed by atoms with E-state index < -0.39 is 5.97 Å². The van der Waals surface area contributed by atoms with Gasteiger partial charge in [0.1, 0.15) is 0 Å². The molecular formula is C10H14O2S. The van der Waals surface area contributed by atoms with E-state index >= 15 is 0 Å². The summed E-state index contributed by atoms with van der Waals surface area (Å²) in [6.07, 6.45) is 1.61. The molecule has 1 aromatic heterocycles. The van der Waals surface area contributed by atoms with Crippen molar-refractivity contribution in [1.29, 1.82) is 0 Å². The molecule has 2 nitrogen and oxygen atoms in total. The van der Waals surface area contributed by atoms with Gasteiger partial charge in [-0.15, -0.1) is 11.3 Å². The summed E-state index contributed by atoms with van der Waals surface area (Å²) in [6, 6.07) is 2.08. The second kappa shape index (κ2) is 4.42. The molecule has 0 saturated carbocycles. The maximum absolute atomic E-state index is 10.5. The molecule has 1 N–H and O–H groups in total. The van der Waals surface area contributed by atoms with Gasteiger partial charge in [-0.05, 0) is 36.8 Å². The van der Waals surface area contributed by atoms with Crippen molar-refractivity contribution >= 4 is 17.3 Å². The molecular weight excluding hydrogens is 184 g/mol. The quantitative estimate of drug-likeness (QED) is 0.807. The van der Waals surface area contributed by atoms with E-state index in [0.717, 1.165) is 12.8 Å². The molecule has 72 valence electrons. The summed E-state index contributed by atoms with van der Waals surface area (Å²) in [5.41, 5.74) is 1.29. The number of aliphatic carboxylic acids is 1. The normalized spacial score (nSPS) is 12.8. The second-order valence-electron chi connectivity index (χ2n) is 3.28. The molecule has 0 aliphatic heterocycles. The fourth-order valence-electron chi connectivity index (χ4n) is 1.17. The van der Waals surface area contributed by atoms with Gasteiger partial charge in [0, 0.05) is 4.88 Å². The van der Waals surface area contributed by atoms with Crippen LogP contribution in [0.2, 0.25) is 0 Å². The first-order valence-corrected chi connectivity index (χ1v) is 5.25. The van der Waals surface area contributed by atoms with Gasteiger partial charge in [0.05, 0.1) is 5.92 Å². The van der Waals surface area contributed by atoms with Gasteiger partial charge in [-0.2, -0.15) is 0 Å². The van der Waals surface area contributed by atoms with Crippen molar-refractivity contribution in [1.82, 2.24) is 0 Å². The van der Waals surface area contributed by atoms with Gasteiger partial charge in [0.2, 0.25) is 0 Å². The summed E-state index contributed by atoms with van der Waals surface area (Å²) in [5.74, 6) is -0.938. The zero-order valence-corrected chi connectivity index (χ0v) is 8.73. The number of carbonyl (C=O) groups is 1. The lowest BCUT2D eigenvalue weighted by molar-refractivity contribution is -0.141. The lowest BCUT2D eigenvalue weighted by Crippen LogP contribution is -2.10. The predicted octanol–water partition coefficient (Wildman–Crippen LogP) is 2.71. The molecule has 0 bridgehead atoms. The summed E-state index contributed by atoms with van der Waals surface area (Å²) in [5, 5.41) is 10.7. The molecule has 13 heavy (non-hydrogen) atoms. The van der Waals surface area contributed by atoms with Gasteiger partial charge in [-0.1, -0.05) is 6.92 Å². The second-order valence-corrected chi connectivity index (χ2v) is 4.40. The van der Waals surface area contributed by atoms with Crippen molar-refractivity contribution in [2.24, 2.45) is 5.92 Å². The van der Waals surface area contributed by atoms with Crippen molar-refractivity contribution in [3.05, 3.63) is 21.9 Å². The van der Waals surface area contributed by atoms with Crippen molar-refractivity contribution < 1.29 is 9.90 Å². The van der Waals surface area contributed by atoms with E-state index in [9.17, 15) is 4.79 Å². The third-order valence-electron chi connectivity index (χ3n) is 2.23. The van der Waals surface area contributed by atoms with Crippen LogP contribution in [0, 0.1) is 12.8 Å². The number of thiophene rings is 1. The summed E-state index contributed by atoms with van der Waals surface area (Å²) in [4.78, 5) is 11.8. The summed E-state index contributed by atoms with van der Waals surface area (Å²) in [7, 11) is 0. The van der Waals surface area contributed by atoms with E-state index in [-0.39, 0.29) is 5.92 Å². The minimum Gasteiger partial charge on any atom is -0.481 e. The molecule has 1 atom stereocenters. The zero-order chi connectivity index (χ0) is 9.84. The van der Waals surface area contributed by atoms with Crippen LogP contribution >= 0.6 is 11.3 Å². The molecule has 0 amide bonds. The topological polar surface area (TPSA) is 37.3 Å². The maximum atomic E-state index is 10.5. The molecule has 1 unspecified atom stereocenters. The Kier molecular flexibility index (Phi) is 3.48. The van der Waals surface area contributed by atoms with Crippen LogP contribution in [-0.2, 0) is 11.2 Å². The van der Waals surface area contributed by atoms with Crippen LogP contribution in [0.1, 0.15) is 23.8 Å². The van der Waals surface area contributed by atoms with Crippen LogP contribution in [0.3, 0.4) is 0 Å². The van der Waals surface area contributed by atoms with Gasteiger partial charge < -0.3 is 5.11 Å². The van der Waals surface area contributed by atoms with E-state index in [4.69, 9.17) is 5.11 Å². The number of hydrogen-bond acceptors (Lipinski definition) is 2. The van der Waals surface area contributed by atoms with Crippen LogP contribution in [0.4, 0.5) is 0 Å². The van der Waals surface area contributed by atoms with Crippen molar-refractivity contribution in [3.63, 3.8) is 0 Å². The van der Waals surface area contributed by atoms with Crippen LogP contribution in [-0.4, -0.2) is 11.1 Å². The molecule has 0 spiro atoms. The van der Waals surface area contributed by atoms with Crippen molar-refractivity contribution in [3.8, 4) is 0 Å². The van der Waals surface area contributed by atoms with E-state index in [0.29, 0.717) is 0 Å². The Balaban J connectivity index is 2.44. The SMILES string of the molecule is Cc1sccc1CCC(C)C(=O)O. The lowest BCUT2D eigenvalue weighted by Gasteiger charge is -2.04. The first-order chi connectivity index (χ1) is 6.11. The minimum absolute atomic E-state index is 0.237. The summed E-state index contributed by atoms with van der Waals surface area (Å²) in [6.45, 7) is 3.83. The van der Waals surface area contributed by atoms with Crippen molar-refractivity contribution in [2.75, 3.05) is 0 Å².